The highest BCUT2D eigenvalue weighted by atomic mass is 19.1. The molecule has 1 heterocycles. The van der Waals surface area contributed by atoms with Gasteiger partial charge in [0.15, 0.2) is 0 Å². The van der Waals surface area contributed by atoms with Gasteiger partial charge in [-0.15, -0.1) is 0 Å². The maximum Gasteiger partial charge on any atom is 0.131 e. The summed E-state index contributed by atoms with van der Waals surface area (Å²) in [6.07, 6.45) is 2.27. The van der Waals surface area contributed by atoms with Crippen LogP contribution >= 0.6 is 0 Å². The minimum Gasteiger partial charge on any atom is -0.497 e. The van der Waals surface area contributed by atoms with Crippen LogP contribution in [0, 0.1) is 11.2 Å². The molecular weight excluding hydrogens is 329 g/mol. The lowest BCUT2D eigenvalue weighted by Gasteiger charge is -2.46. The van der Waals surface area contributed by atoms with E-state index in [1.807, 2.05) is 18.2 Å². The molecule has 26 heavy (non-hydrogen) atoms. The molecule has 1 N–H and O–H groups in total. The summed E-state index contributed by atoms with van der Waals surface area (Å²) in [6, 6.07) is 10.8. The van der Waals surface area contributed by atoms with Crippen molar-refractivity contribution in [2.45, 2.75) is 39.3 Å². The molecule has 0 aromatic heterocycles. The van der Waals surface area contributed by atoms with Gasteiger partial charge in [-0.1, -0.05) is 32.0 Å². The largest absolute Gasteiger partial charge is 0.497 e. The summed E-state index contributed by atoms with van der Waals surface area (Å²) in [5.74, 6) is 0.370. The topological polar surface area (TPSA) is 32.7 Å². The van der Waals surface area contributed by atoms with Crippen molar-refractivity contribution in [2.24, 2.45) is 5.41 Å². The van der Waals surface area contributed by atoms with E-state index in [-0.39, 0.29) is 23.9 Å². The van der Waals surface area contributed by atoms with Crippen molar-refractivity contribution in [3.8, 4) is 16.9 Å². The van der Waals surface area contributed by atoms with Crippen molar-refractivity contribution in [3.05, 3.63) is 53.3 Å². The Morgan fingerprint density at radius 3 is 2.62 bits per heavy atom. The lowest BCUT2D eigenvalue weighted by molar-refractivity contribution is 0.0580. The number of piperidine rings is 1. The normalized spacial score (nSPS) is 20.2. The molecule has 0 radical (unpaired) electrons. The summed E-state index contributed by atoms with van der Waals surface area (Å²) in [5, 5.41) is 9.65. The summed E-state index contributed by atoms with van der Waals surface area (Å²) < 4.78 is 20.0. The number of ether oxygens (including phenoxy) is 1. The quantitative estimate of drug-likeness (QED) is 0.854. The van der Waals surface area contributed by atoms with Gasteiger partial charge in [-0.05, 0) is 66.7 Å². The molecule has 1 aliphatic heterocycles. The van der Waals surface area contributed by atoms with E-state index in [0.29, 0.717) is 11.3 Å². The number of benzene rings is 2. The zero-order valence-corrected chi connectivity index (χ0v) is 16.1. The van der Waals surface area contributed by atoms with Gasteiger partial charge in [0.1, 0.15) is 11.6 Å². The average Bonchev–Trinajstić information content (AvgIpc) is 2.61. The van der Waals surface area contributed by atoms with Crippen molar-refractivity contribution in [2.75, 3.05) is 20.7 Å². The van der Waals surface area contributed by atoms with Crippen molar-refractivity contribution in [1.29, 1.82) is 0 Å². The van der Waals surface area contributed by atoms with E-state index >= 15 is 0 Å². The zero-order valence-electron chi connectivity index (χ0n) is 16.1. The van der Waals surface area contributed by atoms with Crippen LogP contribution in [0.4, 0.5) is 4.39 Å². The van der Waals surface area contributed by atoms with Crippen molar-refractivity contribution >= 4 is 0 Å². The number of hydrogen-bond donors (Lipinski definition) is 1. The molecule has 1 aliphatic rings. The summed E-state index contributed by atoms with van der Waals surface area (Å²) in [4.78, 5) is 2.35. The molecule has 140 valence electrons. The Morgan fingerprint density at radius 1 is 1.19 bits per heavy atom. The second-order valence-corrected chi connectivity index (χ2v) is 7.90. The molecule has 1 unspecified atom stereocenters. The summed E-state index contributed by atoms with van der Waals surface area (Å²) in [5.41, 5.74) is 3.38. The number of rotatable bonds is 4. The van der Waals surface area contributed by atoms with E-state index in [9.17, 15) is 9.50 Å². The molecule has 0 amide bonds. The first-order valence-electron chi connectivity index (χ1n) is 9.15. The number of aliphatic hydroxyl groups excluding tert-OH is 1. The molecule has 2 aromatic rings. The third-order valence-electron chi connectivity index (χ3n) is 5.57. The molecule has 0 saturated carbocycles. The number of methoxy groups -OCH3 is 1. The number of aliphatic hydroxyl groups is 1. The highest BCUT2D eigenvalue weighted by molar-refractivity contribution is 5.70. The van der Waals surface area contributed by atoms with E-state index in [2.05, 4.69) is 25.8 Å². The van der Waals surface area contributed by atoms with Crippen LogP contribution in [-0.4, -0.2) is 30.7 Å². The predicted octanol–water partition coefficient (Wildman–Crippen LogP) is 4.79. The Labute approximate surface area is 155 Å². The highest BCUT2D eigenvalue weighted by Gasteiger charge is 2.38. The first-order valence-corrected chi connectivity index (χ1v) is 9.15. The lowest BCUT2D eigenvalue weighted by atomic mass is 9.72. The van der Waals surface area contributed by atoms with Crippen LogP contribution in [0.25, 0.3) is 11.1 Å². The SMILES string of the molecule is COc1ccc(F)c(-c2ccc(CO)cc2C2N(C)CCCC2(C)C)c1. The fourth-order valence-electron chi connectivity index (χ4n) is 4.32. The Bertz CT molecular complexity index is 788. The molecule has 3 nitrogen and oxygen atoms in total. The van der Waals surface area contributed by atoms with E-state index in [4.69, 9.17) is 4.74 Å². The van der Waals surface area contributed by atoms with E-state index in [0.717, 1.165) is 36.1 Å². The van der Waals surface area contributed by atoms with Gasteiger partial charge in [-0.3, -0.25) is 4.90 Å². The van der Waals surface area contributed by atoms with Gasteiger partial charge in [-0.25, -0.2) is 4.39 Å². The van der Waals surface area contributed by atoms with Crippen LogP contribution in [0.5, 0.6) is 5.75 Å². The van der Waals surface area contributed by atoms with Gasteiger partial charge in [0.05, 0.1) is 13.7 Å². The molecule has 3 rings (SSSR count). The third kappa shape index (κ3) is 3.49. The average molecular weight is 357 g/mol. The number of hydrogen-bond acceptors (Lipinski definition) is 3. The molecule has 1 atom stereocenters. The van der Waals surface area contributed by atoms with Crippen LogP contribution in [0.15, 0.2) is 36.4 Å². The molecule has 0 spiro atoms. The number of likely N-dealkylation sites (tertiary alicyclic amines) is 1. The predicted molar refractivity (Wildman–Crippen MR) is 103 cm³/mol. The van der Waals surface area contributed by atoms with Crippen molar-refractivity contribution < 1.29 is 14.2 Å². The van der Waals surface area contributed by atoms with E-state index < -0.39 is 0 Å². The zero-order chi connectivity index (χ0) is 18.9. The molecular formula is C22H28FNO2. The summed E-state index contributed by atoms with van der Waals surface area (Å²) >= 11 is 0. The Kier molecular flexibility index (Phi) is 5.35. The van der Waals surface area contributed by atoms with Gasteiger partial charge in [-0.2, -0.15) is 0 Å². The Balaban J connectivity index is 2.21. The Hall–Kier alpha value is -1.91. The van der Waals surface area contributed by atoms with Crippen LogP contribution < -0.4 is 4.74 Å². The molecule has 1 fully saturated rings. The first kappa shape index (κ1) is 18.9. The third-order valence-corrected chi connectivity index (χ3v) is 5.57. The molecule has 2 aromatic carbocycles. The van der Waals surface area contributed by atoms with Crippen LogP contribution in [0.3, 0.4) is 0 Å². The smallest absolute Gasteiger partial charge is 0.131 e. The molecule has 1 saturated heterocycles. The van der Waals surface area contributed by atoms with Gasteiger partial charge < -0.3 is 9.84 Å². The number of halogens is 1. The van der Waals surface area contributed by atoms with Gasteiger partial charge in [0, 0.05) is 11.6 Å². The van der Waals surface area contributed by atoms with Crippen LogP contribution in [-0.2, 0) is 6.61 Å². The minimum atomic E-state index is -0.264. The Morgan fingerprint density at radius 2 is 1.96 bits per heavy atom. The second-order valence-electron chi connectivity index (χ2n) is 7.90. The fourth-order valence-corrected chi connectivity index (χ4v) is 4.32. The van der Waals surface area contributed by atoms with E-state index in [1.54, 1.807) is 19.2 Å². The van der Waals surface area contributed by atoms with E-state index in [1.165, 1.54) is 6.07 Å². The maximum absolute atomic E-state index is 14.7. The minimum absolute atomic E-state index is 0.0231. The van der Waals surface area contributed by atoms with Crippen LogP contribution in [0.1, 0.15) is 43.9 Å². The van der Waals surface area contributed by atoms with Gasteiger partial charge in [0.25, 0.3) is 0 Å². The molecule has 0 bridgehead atoms. The maximum atomic E-state index is 14.7. The number of nitrogens with zero attached hydrogens (tertiary/aromatic N) is 1. The lowest BCUT2D eigenvalue weighted by Crippen LogP contribution is -2.41. The van der Waals surface area contributed by atoms with Gasteiger partial charge >= 0.3 is 0 Å². The van der Waals surface area contributed by atoms with Crippen LogP contribution in [0.2, 0.25) is 0 Å². The highest BCUT2D eigenvalue weighted by Crippen LogP contribution is 2.47. The monoisotopic (exact) mass is 357 g/mol. The molecule has 4 heteroatoms. The molecule has 0 aliphatic carbocycles. The van der Waals surface area contributed by atoms with Crippen molar-refractivity contribution in [3.63, 3.8) is 0 Å². The van der Waals surface area contributed by atoms with Gasteiger partial charge in [0.2, 0.25) is 0 Å². The summed E-state index contributed by atoms with van der Waals surface area (Å²) in [7, 11) is 3.72. The standard InChI is InChI=1S/C22H28FNO2/c1-22(2)10-5-11-24(3)21(22)19-12-15(14-25)6-8-17(19)18-13-16(26-4)7-9-20(18)23/h6-9,12-13,21,25H,5,10-11,14H2,1-4H3. The first-order chi connectivity index (χ1) is 12.4. The second kappa shape index (κ2) is 7.37. The fraction of sp³-hybridized carbons (Fsp3) is 0.455. The van der Waals surface area contributed by atoms with Crippen molar-refractivity contribution in [1.82, 2.24) is 4.90 Å². The summed E-state index contributed by atoms with van der Waals surface area (Å²) in [6.45, 7) is 5.53.